The number of ether oxygens (including phenoxy) is 1. The van der Waals surface area contributed by atoms with Gasteiger partial charge in [0, 0.05) is 6.92 Å². The zero-order valence-corrected chi connectivity index (χ0v) is 10.6. The van der Waals surface area contributed by atoms with Crippen molar-refractivity contribution in [3.05, 3.63) is 35.9 Å². The predicted octanol–water partition coefficient (Wildman–Crippen LogP) is 1.53. The van der Waals surface area contributed by atoms with Gasteiger partial charge in [-0.25, -0.2) is 5.06 Å². The van der Waals surface area contributed by atoms with E-state index in [1.807, 2.05) is 30.3 Å². The molecule has 98 valence electrons. The number of carbonyl (C=O) groups excluding carboxylic acids is 2. The molecule has 0 radical (unpaired) electrons. The Hall–Kier alpha value is -1.88. The van der Waals surface area contributed by atoms with E-state index in [-0.39, 0.29) is 25.7 Å². The van der Waals surface area contributed by atoms with Crippen molar-refractivity contribution in [1.29, 1.82) is 0 Å². The van der Waals surface area contributed by atoms with Gasteiger partial charge >= 0.3 is 5.97 Å². The number of rotatable bonds is 6. The van der Waals surface area contributed by atoms with E-state index in [0.717, 1.165) is 10.6 Å². The first-order chi connectivity index (χ1) is 8.63. The SMILES string of the molecule is CCOC(=O)CN(OCc1ccccc1)C(C)=O. The Morgan fingerprint density at radius 3 is 2.44 bits per heavy atom. The maximum atomic E-state index is 11.3. The smallest absolute Gasteiger partial charge is 0.328 e. The Bertz CT molecular complexity index is 391. The Balaban J connectivity index is 2.48. The van der Waals surface area contributed by atoms with Crippen molar-refractivity contribution in [2.75, 3.05) is 13.2 Å². The van der Waals surface area contributed by atoms with E-state index in [1.54, 1.807) is 6.92 Å². The monoisotopic (exact) mass is 251 g/mol. The van der Waals surface area contributed by atoms with Gasteiger partial charge in [-0.2, -0.15) is 0 Å². The minimum atomic E-state index is -0.485. The van der Waals surface area contributed by atoms with Crippen LogP contribution in [0.25, 0.3) is 0 Å². The predicted molar refractivity (Wildman–Crippen MR) is 65.3 cm³/mol. The van der Waals surface area contributed by atoms with Crippen molar-refractivity contribution in [2.24, 2.45) is 0 Å². The van der Waals surface area contributed by atoms with Crippen LogP contribution in [-0.2, 0) is 25.8 Å². The highest BCUT2D eigenvalue weighted by atomic mass is 16.7. The number of amides is 1. The fraction of sp³-hybridized carbons (Fsp3) is 0.385. The minimum absolute atomic E-state index is 0.198. The molecule has 0 aliphatic rings. The van der Waals surface area contributed by atoms with E-state index >= 15 is 0 Å². The van der Waals surface area contributed by atoms with Crippen LogP contribution in [0.4, 0.5) is 0 Å². The van der Waals surface area contributed by atoms with E-state index in [4.69, 9.17) is 9.57 Å². The lowest BCUT2D eigenvalue weighted by Gasteiger charge is -2.19. The molecule has 5 nitrogen and oxygen atoms in total. The summed E-state index contributed by atoms with van der Waals surface area (Å²) in [5.41, 5.74) is 0.924. The molecular formula is C13H17NO4. The maximum absolute atomic E-state index is 11.3. The molecule has 1 rings (SSSR count). The van der Waals surface area contributed by atoms with E-state index in [2.05, 4.69) is 0 Å². The van der Waals surface area contributed by atoms with Crippen molar-refractivity contribution in [2.45, 2.75) is 20.5 Å². The van der Waals surface area contributed by atoms with Gasteiger partial charge in [-0.05, 0) is 12.5 Å². The second-order valence-corrected chi connectivity index (χ2v) is 3.62. The Kier molecular flexibility index (Phi) is 5.87. The van der Waals surface area contributed by atoms with Crippen LogP contribution < -0.4 is 0 Å². The lowest BCUT2D eigenvalue weighted by molar-refractivity contribution is -0.196. The van der Waals surface area contributed by atoms with Crippen molar-refractivity contribution in [3.63, 3.8) is 0 Å². The summed E-state index contributed by atoms with van der Waals surface area (Å²) in [6, 6.07) is 9.40. The summed E-state index contributed by atoms with van der Waals surface area (Å²) in [6.07, 6.45) is 0. The van der Waals surface area contributed by atoms with Crippen LogP contribution in [0.5, 0.6) is 0 Å². The summed E-state index contributed by atoms with van der Waals surface area (Å²) in [5, 5.41) is 1.00. The topological polar surface area (TPSA) is 55.8 Å². The summed E-state index contributed by atoms with van der Waals surface area (Å²) < 4.78 is 4.76. The van der Waals surface area contributed by atoms with Gasteiger partial charge in [0.05, 0.1) is 6.61 Å². The first-order valence-corrected chi connectivity index (χ1v) is 5.74. The molecular weight excluding hydrogens is 234 g/mol. The molecule has 0 aliphatic heterocycles. The zero-order valence-electron chi connectivity index (χ0n) is 10.6. The highest BCUT2D eigenvalue weighted by Crippen LogP contribution is 2.03. The highest BCUT2D eigenvalue weighted by Gasteiger charge is 2.15. The van der Waals surface area contributed by atoms with Gasteiger partial charge in [-0.1, -0.05) is 30.3 Å². The van der Waals surface area contributed by atoms with Crippen LogP contribution in [0.1, 0.15) is 19.4 Å². The van der Waals surface area contributed by atoms with Gasteiger partial charge < -0.3 is 4.74 Å². The van der Waals surface area contributed by atoms with Gasteiger partial charge in [-0.3, -0.25) is 14.4 Å². The summed E-state index contributed by atoms with van der Waals surface area (Å²) in [6.45, 7) is 3.37. The van der Waals surface area contributed by atoms with Crippen LogP contribution in [0.15, 0.2) is 30.3 Å². The van der Waals surface area contributed by atoms with Gasteiger partial charge in [0.2, 0.25) is 5.91 Å². The molecule has 1 amide bonds. The zero-order chi connectivity index (χ0) is 13.4. The van der Waals surface area contributed by atoms with Gasteiger partial charge in [-0.15, -0.1) is 0 Å². The van der Waals surface area contributed by atoms with Gasteiger partial charge in [0.1, 0.15) is 13.2 Å². The number of hydrogen-bond donors (Lipinski definition) is 0. The third kappa shape index (κ3) is 4.97. The average Bonchev–Trinajstić information content (AvgIpc) is 2.35. The molecule has 0 saturated heterocycles. The summed E-state index contributed by atoms with van der Waals surface area (Å²) in [5.74, 6) is -0.820. The molecule has 0 spiro atoms. The van der Waals surface area contributed by atoms with Crippen LogP contribution in [0, 0.1) is 0 Å². The first kappa shape index (κ1) is 14.2. The van der Waals surface area contributed by atoms with E-state index < -0.39 is 5.97 Å². The van der Waals surface area contributed by atoms with Crippen molar-refractivity contribution in [3.8, 4) is 0 Å². The van der Waals surface area contributed by atoms with Crippen LogP contribution in [0.3, 0.4) is 0 Å². The van der Waals surface area contributed by atoms with Gasteiger partial charge in [0.25, 0.3) is 0 Å². The molecule has 0 atom stereocenters. The molecule has 0 unspecified atom stereocenters. The fourth-order valence-electron chi connectivity index (χ4n) is 1.30. The Labute approximate surface area is 106 Å². The van der Waals surface area contributed by atoms with E-state index in [0.29, 0.717) is 0 Å². The lowest BCUT2D eigenvalue weighted by Crippen LogP contribution is -2.34. The molecule has 0 N–H and O–H groups in total. The maximum Gasteiger partial charge on any atom is 0.328 e. The minimum Gasteiger partial charge on any atom is -0.465 e. The molecule has 0 saturated carbocycles. The normalized spacial score (nSPS) is 9.89. The van der Waals surface area contributed by atoms with E-state index in [1.165, 1.54) is 6.92 Å². The molecule has 5 heteroatoms. The van der Waals surface area contributed by atoms with E-state index in [9.17, 15) is 9.59 Å². The van der Waals surface area contributed by atoms with Gasteiger partial charge in [0.15, 0.2) is 0 Å². The number of esters is 1. The molecule has 0 aromatic heterocycles. The molecule has 0 aliphatic carbocycles. The largest absolute Gasteiger partial charge is 0.465 e. The van der Waals surface area contributed by atoms with Crippen molar-refractivity contribution in [1.82, 2.24) is 5.06 Å². The van der Waals surface area contributed by atoms with Crippen LogP contribution >= 0.6 is 0 Å². The third-order valence-corrected chi connectivity index (χ3v) is 2.16. The molecule has 0 bridgehead atoms. The summed E-state index contributed by atoms with van der Waals surface area (Å²) >= 11 is 0. The number of carbonyl (C=O) groups is 2. The van der Waals surface area contributed by atoms with Crippen LogP contribution in [-0.4, -0.2) is 30.1 Å². The summed E-state index contributed by atoms with van der Waals surface area (Å²) in [4.78, 5) is 27.9. The molecule has 0 fully saturated rings. The summed E-state index contributed by atoms with van der Waals surface area (Å²) in [7, 11) is 0. The molecule has 0 heterocycles. The third-order valence-electron chi connectivity index (χ3n) is 2.16. The van der Waals surface area contributed by atoms with Crippen molar-refractivity contribution >= 4 is 11.9 Å². The Morgan fingerprint density at radius 2 is 1.89 bits per heavy atom. The standard InChI is InChI=1S/C13H17NO4/c1-3-17-13(16)9-14(11(2)15)18-10-12-7-5-4-6-8-12/h4-8H,3,9-10H2,1-2H3. The lowest BCUT2D eigenvalue weighted by atomic mass is 10.2. The van der Waals surface area contributed by atoms with Crippen molar-refractivity contribution < 1.29 is 19.2 Å². The highest BCUT2D eigenvalue weighted by molar-refractivity contribution is 5.79. The second kappa shape index (κ2) is 7.45. The molecule has 1 aromatic rings. The average molecular weight is 251 g/mol. The number of hydrogen-bond acceptors (Lipinski definition) is 4. The number of benzene rings is 1. The fourth-order valence-corrected chi connectivity index (χ4v) is 1.30. The first-order valence-electron chi connectivity index (χ1n) is 5.74. The molecule has 1 aromatic carbocycles. The van der Waals surface area contributed by atoms with Crippen LogP contribution in [0.2, 0.25) is 0 Å². The Morgan fingerprint density at radius 1 is 1.22 bits per heavy atom. The molecule has 18 heavy (non-hydrogen) atoms. The second-order valence-electron chi connectivity index (χ2n) is 3.62. The quantitative estimate of drug-likeness (QED) is 0.568. The number of nitrogens with zero attached hydrogens (tertiary/aromatic N) is 1. The number of hydroxylamine groups is 2.